The van der Waals surface area contributed by atoms with Crippen molar-refractivity contribution in [3.63, 3.8) is 0 Å². The number of amides is 1. The quantitative estimate of drug-likeness (QED) is 0.626. The van der Waals surface area contributed by atoms with Gasteiger partial charge in [-0.15, -0.1) is 0 Å². The van der Waals surface area contributed by atoms with Crippen LogP contribution in [-0.4, -0.2) is 33.7 Å². The first-order chi connectivity index (χ1) is 10.5. The van der Waals surface area contributed by atoms with Crippen LogP contribution >= 0.6 is 11.6 Å². The maximum Gasteiger partial charge on any atom is 0.408 e. The van der Waals surface area contributed by atoms with Crippen molar-refractivity contribution in [2.75, 3.05) is 0 Å². The number of benzene rings is 1. The predicted octanol–water partition coefficient (Wildman–Crippen LogP) is 2.77. The minimum atomic E-state index is -1.29. The number of alkyl carbamates (subject to hydrolysis) is 1. The van der Waals surface area contributed by atoms with Crippen molar-refractivity contribution < 1.29 is 24.4 Å². The highest BCUT2D eigenvalue weighted by Gasteiger charge is 2.25. The van der Waals surface area contributed by atoms with Crippen LogP contribution in [-0.2, 0) is 16.0 Å². The van der Waals surface area contributed by atoms with Crippen LogP contribution in [0.5, 0.6) is 0 Å². The van der Waals surface area contributed by atoms with Gasteiger partial charge >= 0.3 is 12.1 Å². The number of nitrogens with zero attached hydrogens (tertiary/aromatic N) is 1. The van der Waals surface area contributed by atoms with Crippen molar-refractivity contribution >= 4 is 29.4 Å². The van der Waals surface area contributed by atoms with Crippen LogP contribution in [0.25, 0.3) is 0 Å². The molecule has 0 fully saturated rings. The minimum absolute atomic E-state index is 0.0503. The molecule has 1 unspecified atom stereocenters. The Morgan fingerprint density at radius 2 is 2.04 bits per heavy atom. The molecule has 8 nitrogen and oxygen atoms in total. The molecule has 126 valence electrons. The zero-order chi connectivity index (χ0) is 17.8. The maximum atomic E-state index is 11.7. The number of ether oxygens (including phenoxy) is 1. The summed E-state index contributed by atoms with van der Waals surface area (Å²) in [4.78, 5) is 33.1. The Hall–Kier alpha value is -2.35. The molecule has 0 saturated heterocycles. The molecule has 0 saturated carbocycles. The number of hydrogen-bond acceptors (Lipinski definition) is 5. The number of carboxylic acid groups (broad SMARTS) is 1. The SMILES string of the molecule is CC(C)(C)OC(=O)NC(Cc1ccc(Cl)c([N+](=O)[O-])c1)C(=O)O. The van der Waals surface area contributed by atoms with Crippen LogP contribution in [0.3, 0.4) is 0 Å². The number of nitro groups is 1. The molecule has 1 aromatic carbocycles. The Kier molecular flexibility index (Phi) is 5.91. The number of rotatable bonds is 5. The molecule has 9 heteroatoms. The van der Waals surface area contributed by atoms with Gasteiger partial charge in [0.15, 0.2) is 0 Å². The summed E-state index contributed by atoms with van der Waals surface area (Å²) in [5.74, 6) is -1.28. The van der Waals surface area contributed by atoms with E-state index in [0.29, 0.717) is 5.56 Å². The molecule has 0 bridgehead atoms. The van der Waals surface area contributed by atoms with Gasteiger partial charge in [0.1, 0.15) is 16.7 Å². The summed E-state index contributed by atoms with van der Waals surface area (Å²) >= 11 is 5.70. The van der Waals surface area contributed by atoms with Gasteiger partial charge in [0.25, 0.3) is 5.69 Å². The number of halogens is 1. The molecular formula is C14H17ClN2O6. The molecule has 0 heterocycles. The van der Waals surface area contributed by atoms with Crippen LogP contribution in [0.1, 0.15) is 26.3 Å². The molecule has 0 aliphatic carbocycles. The van der Waals surface area contributed by atoms with Crippen LogP contribution in [0.2, 0.25) is 5.02 Å². The van der Waals surface area contributed by atoms with Gasteiger partial charge in [0.2, 0.25) is 0 Å². The van der Waals surface area contributed by atoms with Crippen LogP contribution < -0.4 is 5.32 Å². The fraction of sp³-hybridized carbons (Fsp3) is 0.429. The van der Waals surface area contributed by atoms with Crippen molar-refractivity contribution in [2.45, 2.75) is 38.8 Å². The summed E-state index contributed by atoms with van der Waals surface area (Å²) < 4.78 is 4.99. The molecule has 0 radical (unpaired) electrons. The van der Waals surface area contributed by atoms with Gasteiger partial charge in [-0.3, -0.25) is 10.1 Å². The van der Waals surface area contributed by atoms with Crippen LogP contribution in [0.15, 0.2) is 18.2 Å². The molecular weight excluding hydrogens is 328 g/mol. The Balaban J connectivity index is 2.89. The second kappa shape index (κ2) is 7.28. The summed E-state index contributed by atoms with van der Waals surface area (Å²) in [5.41, 5.74) is -0.748. The number of aliphatic carboxylic acids is 1. The zero-order valence-corrected chi connectivity index (χ0v) is 13.6. The average molecular weight is 345 g/mol. The Bertz CT molecular complexity index is 626. The van der Waals surface area contributed by atoms with Gasteiger partial charge < -0.3 is 15.2 Å². The first-order valence-corrected chi connectivity index (χ1v) is 7.02. The molecule has 0 aliphatic heterocycles. The van der Waals surface area contributed by atoms with Gasteiger partial charge in [-0.05, 0) is 32.4 Å². The third-order valence-electron chi connectivity index (χ3n) is 2.64. The largest absolute Gasteiger partial charge is 0.480 e. The van der Waals surface area contributed by atoms with E-state index < -0.39 is 28.6 Å². The summed E-state index contributed by atoms with van der Waals surface area (Å²) in [7, 11) is 0. The van der Waals surface area contributed by atoms with E-state index in [0.717, 1.165) is 0 Å². The average Bonchev–Trinajstić information content (AvgIpc) is 2.37. The van der Waals surface area contributed by atoms with Gasteiger partial charge in [-0.2, -0.15) is 0 Å². The van der Waals surface area contributed by atoms with Crippen molar-refractivity contribution in [1.82, 2.24) is 5.32 Å². The van der Waals surface area contributed by atoms with E-state index in [4.69, 9.17) is 16.3 Å². The van der Waals surface area contributed by atoms with E-state index in [2.05, 4.69) is 5.32 Å². The fourth-order valence-electron chi connectivity index (χ4n) is 1.71. The van der Waals surface area contributed by atoms with E-state index in [1.165, 1.54) is 18.2 Å². The molecule has 0 aliphatic rings. The molecule has 2 N–H and O–H groups in total. The lowest BCUT2D eigenvalue weighted by Crippen LogP contribution is -2.44. The molecule has 0 spiro atoms. The number of carboxylic acids is 1. The van der Waals surface area contributed by atoms with Gasteiger partial charge in [0, 0.05) is 12.5 Å². The number of carbonyl (C=O) groups is 2. The smallest absolute Gasteiger partial charge is 0.408 e. The van der Waals surface area contributed by atoms with Gasteiger partial charge in [-0.1, -0.05) is 17.7 Å². The Morgan fingerprint density at radius 3 is 2.52 bits per heavy atom. The number of carbonyl (C=O) groups excluding carboxylic acids is 1. The third-order valence-corrected chi connectivity index (χ3v) is 2.96. The summed E-state index contributed by atoms with van der Waals surface area (Å²) in [6.45, 7) is 4.93. The summed E-state index contributed by atoms with van der Waals surface area (Å²) in [6.07, 6.45) is -1.03. The number of nitro benzene ring substituents is 1. The highest BCUT2D eigenvalue weighted by atomic mass is 35.5. The lowest BCUT2D eigenvalue weighted by molar-refractivity contribution is -0.384. The Labute approximate surface area is 137 Å². The molecule has 0 aromatic heterocycles. The minimum Gasteiger partial charge on any atom is -0.480 e. The Morgan fingerprint density at radius 1 is 1.43 bits per heavy atom. The van der Waals surface area contributed by atoms with E-state index in [1.54, 1.807) is 20.8 Å². The second-order valence-corrected chi connectivity index (χ2v) is 6.19. The zero-order valence-electron chi connectivity index (χ0n) is 12.8. The predicted molar refractivity (Wildman–Crippen MR) is 82.6 cm³/mol. The van der Waals surface area contributed by atoms with Crippen molar-refractivity contribution in [3.8, 4) is 0 Å². The number of hydrogen-bond donors (Lipinski definition) is 2. The molecule has 23 heavy (non-hydrogen) atoms. The van der Waals surface area contributed by atoms with Gasteiger partial charge in [0.05, 0.1) is 4.92 Å². The number of nitrogens with one attached hydrogen (secondary N) is 1. The molecule has 1 atom stereocenters. The lowest BCUT2D eigenvalue weighted by Gasteiger charge is -2.22. The first-order valence-electron chi connectivity index (χ1n) is 6.65. The third kappa shape index (κ3) is 6.11. The van der Waals surface area contributed by atoms with E-state index in [9.17, 15) is 24.8 Å². The monoisotopic (exact) mass is 344 g/mol. The highest BCUT2D eigenvalue weighted by molar-refractivity contribution is 6.32. The van der Waals surface area contributed by atoms with Crippen molar-refractivity contribution in [2.24, 2.45) is 0 Å². The second-order valence-electron chi connectivity index (χ2n) is 5.78. The van der Waals surface area contributed by atoms with E-state index in [-0.39, 0.29) is 17.1 Å². The van der Waals surface area contributed by atoms with Gasteiger partial charge in [-0.25, -0.2) is 9.59 Å². The molecule has 1 rings (SSSR count). The normalized spacial score (nSPS) is 12.3. The molecule has 1 amide bonds. The fourth-order valence-corrected chi connectivity index (χ4v) is 1.90. The highest BCUT2D eigenvalue weighted by Crippen LogP contribution is 2.25. The summed E-state index contributed by atoms with van der Waals surface area (Å²) in [6, 6.07) is 2.66. The topological polar surface area (TPSA) is 119 Å². The van der Waals surface area contributed by atoms with E-state index in [1.807, 2.05) is 0 Å². The standard InChI is InChI=1S/C14H17ClN2O6/c1-14(2,3)23-13(20)16-10(12(18)19)6-8-4-5-9(15)11(7-8)17(21)22/h4-5,7,10H,6H2,1-3H3,(H,16,20)(H,18,19). The van der Waals surface area contributed by atoms with Crippen LogP contribution in [0.4, 0.5) is 10.5 Å². The van der Waals surface area contributed by atoms with E-state index >= 15 is 0 Å². The van der Waals surface area contributed by atoms with Crippen LogP contribution in [0, 0.1) is 10.1 Å². The lowest BCUT2D eigenvalue weighted by atomic mass is 10.1. The summed E-state index contributed by atoms with van der Waals surface area (Å²) in [5, 5.41) is 22.2. The van der Waals surface area contributed by atoms with Crippen molar-refractivity contribution in [1.29, 1.82) is 0 Å². The first kappa shape index (κ1) is 18.7. The van der Waals surface area contributed by atoms with Crippen molar-refractivity contribution in [3.05, 3.63) is 38.9 Å². The molecule has 1 aromatic rings. The maximum absolute atomic E-state index is 11.7.